The van der Waals surface area contributed by atoms with Gasteiger partial charge in [0.1, 0.15) is 18.5 Å². The number of carboxylic acid groups (broad SMARTS) is 1. The largest absolute Gasteiger partial charge is 0.480 e. The molecule has 6 heteroatoms. The van der Waals surface area contributed by atoms with Gasteiger partial charge in [0, 0.05) is 10.8 Å². The van der Waals surface area contributed by atoms with Crippen molar-refractivity contribution in [2.24, 2.45) is 5.41 Å². The quantitative estimate of drug-likeness (QED) is 0.792. The predicted molar refractivity (Wildman–Crippen MR) is 100 cm³/mol. The highest BCUT2D eigenvalue weighted by molar-refractivity contribution is 5.82. The highest BCUT2D eigenvalue weighted by Crippen LogP contribution is 2.75. The number of nitrogens with one attached hydrogen (secondary N) is 1. The van der Waals surface area contributed by atoms with Gasteiger partial charge < -0.3 is 15.2 Å². The number of aliphatic carboxylic acids is 1. The number of carboxylic acids is 1. The molecule has 5 rings (SSSR count). The molecule has 28 heavy (non-hydrogen) atoms. The minimum Gasteiger partial charge on any atom is -0.480 e. The summed E-state index contributed by atoms with van der Waals surface area (Å²) < 4.78 is 19.4. The van der Waals surface area contributed by atoms with Gasteiger partial charge in [-0.15, -0.1) is 0 Å². The van der Waals surface area contributed by atoms with Gasteiger partial charge in [0.15, 0.2) is 0 Å². The maximum absolute atomic E-state index is 14.3. The van der Waals surface area contributed by atoms with E-state index in [-0.39, 0.29) is 17.8 Å². The Hall–Kier alpha value is -2.89. The first-order chi connectivity index (χ1) is 13.3. The van der Waals surface area contributed by atoms with Crippen molar-refractivity contribution in [1.82, 2.24) is 5.32 Å². The third kappa shape index (κ3) is 3.03. The number of rotatable bonds is 6. The van der Waals surface area contributed by atoms with E-state index >= 15 is 0 Å². The van der Waals surface area contributed by atoms with Gasteiger partial charge in [-0.1, -0.05) is 48.0 Å². The van der Waals surface area contributed by atoms with E-state index in [1.54, 1.807) is 6.07 Å². The van der Waals surface area contributed by atoms with Crippen LogP contribution in [0, 0.1) is 18.2 Å². The highest BCUT2D eigenvalue weighted by Gasteiger charge is 2.73. The van der Waals surface area contributed by atoms with Gasteiger partial charge >= 0.3 is 12.1 Å². The van der Waals surface area contributed by atoms with Crippen molar-refractivity contribution in [1.29, 1.82) is 0 Å². The van der Waals surface area contributed by atoms with Crippen molar-refractivity contribution in [3.05, 3.63) is 71.0 Å². The molecule has 0 heterocycles. The summed E-state index contributed by atoms with van der Waals surface area (Å²) in [6, 6.07) is 13.2. The molecule has 3 saturated carbocycles. The Bertz CT molecular complexity index is 908. The number of alkyl carbamates (subject to hydrolysis) is 1. The zero-order chi connectivity index (χ0) is 19.9. The summed E-state index contributed by atoms with van der Waals surface area (Å²) in [6.07, 6.45) is 0.903. The third-order valence-electron chi connectivity index (χ3n) is 6.10. The molecule has 2 aromatic carbocycles. The molecular weight excluding hydrogens is 361 g/mol. The number of amides is 1. The van der Waals surface area contributed by atoms with E-state index in [1.165, 1.54) is 6.07 Å². The van der Waals surface area contributed by atoms with Crippen molar-refractivity contribution >= 4 is 12.1 Å². The third-order valence-corrected chi connectivity index (χ3v) is 6.10. The second kappa shape index (κ2) is 6.62. The van der Waals surface area contributed by atoms with E-state index in [2.05, 4.69) is 5.32 Å². The second-order valence-corrected chi connectivity index (χ2v) is 8.13. The Balaban J connectivity index is 1.40. The Morgan fingerprint density at radius 3 is 2.50 bits per heavy atom. The fraction of sp³-hybridized carbons (Fsp3) is 0.364. The molecular formula is C22H22FNO4. The minimum atomic E-state index is -1.09. The number of carbonyl (C=O) groups excluding carboxylic acids is 1. The smallest absolute Gasteiger partial charge is 0.408 e. The summed E-state index contributed by atoms with van der Waals surface area (Å²) in [5, 5.41) is 12.1. The normalized spacial score (nSPS) is 25.8. The van der Waals surface area contributed by atoms with E-state index in [4.69, 9.17) is 4.74 Å². The summed E-state index contributed by atoms with van der Waals surface area (Å²) in [6.45, 7) is 1.99. The van der Waals surface area contributed by atoms with Gasteiger partial charge in [0.2, 0.25) is 0 Å². The van der Waals surface area contributed by atoms with Crippen molar-refractivity contribution in [3.8, 4) is 0 Å². The van der Waals surface area contributed by atoms with Crippen LogP contribution in [0.3, 0.4) is 0 Å². The fourth-order valence-corrected chi connectivity index (χ4v) is 4.86. The second-order valence-electron chi connectivity index (χ2n) is 8.13. The van der Waals surface area contributed by atoms with E-state index in [0.717, 1.165) is 11.1 Å². The number of benzene rings is 2. The Morgan fingerprint density at radius 2 is 1.86 bits per heavy atom. The molecule has 3 aliphatic carbocycles. The lowest BCUT2D eigenvalue weighted by Crippen LogP contribution is -2.73. The summed E-state index contributed by atoms with van der Waals surface area (Å²) in [7, 11) is 0. The molecule has 146 valence electrons. The monoisotopic (exact) mass is 383 g/mol. The lowest BCUT2D eigenvalue weighted by Gasteiger charge is -2.72. The Morgan fingerprint density at radius 1 is 1.18 bits per heavy atom. The predicted octanol–water partition coefficient (Wildman–Crippen LogP) is 3.94. The molecule has 3 aliphatic rings. The summed E-state index contributed by atoms with van der Waals surface area (Å²) >= 11 is 0. The number of hydrogen-bond acceptors (Lipinski definition) is 3. The number of aryl methyl sites for hydroxylation is 1. The zero-order valence-corrected chi connectivity index (χ0v) is 15.6. The summed E-state index contributed by atoms with van der Waals surface area (Å²) in [5.41, 5.74) is 1.62. The number of hydrogen-bond donors (Lipinski definition) is 2. The molecule has 1 unspecified atom stereocenters. The summed E-state index contributed by atoms with van der Waals surface area (Å²) in [4.78, 5) is 23.9. The maximum Gasteiger partial charge on any atom is 0.408 e. The van der Waals surface area contributed by atoms with Gasteiger partial charge in [-0.2, -0.15) is 0 Å². The van der Waals surface area contributed by atoms with Crippen LogP contribution in [0.2, 0.25) is 0 Å². The molecule has 5 nitrogen and oxygen atoms in total. The average Bonchev–Trinajstić information content (AvgIpc) is 2.60. The fourth-order valence-electron chi connectivity index (χ4n) is 4.86. The van der Waals surface area contributed by atoms with Crippen LogP contribution >= 0.6 is 0 Å². The minimum absolute atomic E-state index is 0.0739. The van der Waals surface area contributed by atoms with Crippen molar-refractivity contribution in [2.45, 2.75) is 44.2 Å². The molecule has 0 aliphatic heterocycles. The Labute approximate surface area is 162 Å². The maximum atomic E-state index is 14.3. The van der Waals surface area contributed by atoms with E-state index in [0.29, 0.717) is 24.8 Å². The molecule has 0 radical (unpaired) electrons. The number of ether oxygens (including phenoxy) is 1. The lowest BCUT2D eigenvalue weighted by molar-refractivity contribution is -0.183. The Kier molecular flexibility index (Phi) is 4.37. The first-order valence-corrected chi connectivity index (χ1v) is 9.30. The molecule has 0 spiro atoms. The molecule has 2 bridgehead atoms. The van der Waals surface area contributed by atoms with Gasteiger partial charge in [0.25, 0.3) is 0 Å². The van der Waals surface area contributed by atoms with Crippen molar-refractivity contribution < 1.29 is 23.8 Å². The highest BCUT2D eigenvalue weighted by atomic mass is 19.1. The van der Waals surface area contributed by atoms with Crippen LogP contribution in [-0.4, -0.2) is 23.2 Å². The molecule has 1 amide bonds. The standard InChI is InChI=1S/C22H22FNO4/c1-14-7-8-17(23)16(9-14)21-11-22(12-21,13-21)18(19(25)26)24-20(27)28-10-15-5-3-2-4-6-15/h2-9,18H,10-13H2,1H3,(H,24,27)(H,25,26). The molecule has 0 aromatic heterocycles. The van der Waals surface area contributed by atoms with Crippen LogP contribution in [0.4, 0.5) is 9.18 Å². The van der Waals surface area contributed by atoms with Gasteiger partial charge in [0.05, 0.1) is 0 Å². The van der Waals surface area contributed by atoms with Crippen LogP contribution < -0.4 is 5.32 Å². The van der Waals surface area contributed by atoms with E-state index in [1.807, 2.05) is 43.3 Å². The van der Waals surface area contributed by atoms with E-state index in [9.17, 15) is 19.1 Å². The van der Waals surface area contributed by atoms with Crippen LogP contribution in [-0.2, 0) is 21.6 Å². The molecule has 3 fully saturated rings. The molecule has 2 N–H and O–H groups in total. The van der Waals surface area contributed by atoms with Crippen LogP contribution in [0.15, 0.2) is 48.5 Å². The van der Waals surface area contributed by atoms with Crippen LogP contribution in [0.25, 0.3) is 0 Å². The van der Waals surface area contributed by atoms with Gasteiger partial charge in [-0.3, -0.25) is 0 Å². The van der Waals surface area contributed by atoms with Crippen LogP contribution in [0.5, 0.6) is 0 Å². The number of carbonyl (C=O) groups is 2. The SMILES string of the molecule is Cc1ccc(F)c(C23CC(C(NC(=O)OCc4ccccc4)C(=O)O)(C2)C3)c1. The zero-order valence-electron chi connectivity index (χ0n) is 15.6. The molecule has 2 aromatic rings. The average molecular weight is 383 g/mol. The van der Waals surface area contributed by atoms with Crippen LogP contribution in [0.1, 0.15) is 36.0 Å². The topological polar surface area (TPSA) is 75.6 Å². The molecule has 1 atom stereocenters. The van der Waals surface area contributed by atoms with Gasteiger partial charge in [-0.05, 0) is 43.4 Å². The van der Waals surface area contributed by atoms with Crippen molar-refractivity contribution in [3.63, 3.8) is 0 Å². The first kappa shape index (κ1) is 18.5. The van der Waals surface area contributed by atoms with Gasteiger partial charge in [-0.25, -0.2) is 14.0 Å². The van der Waals surface area contributed by atoms with Crippen molar-refractivity contribution in [2.75, 3.05) is 0 Å². The first-order valence-electron chi connectivity index (χ1n) is 9.30. The lowest BCUT2D eigenvalue weighted by atomic mass is 9.31. The summed E-state index contributed by atoms with van der Waals surface area (Å²) in [5.74, 6) is -1.34. The number of halogens is 1. The van der Waals surface area contributed by atoms with E-state index < -0.39 is 23.5 Å². The molecule has 0 saturated heterocycles.